The van der Waals surface area contributed by atoms with Gasteiger partial charge in [-0.1, -0.05) is 17.7 Å². The van der Waals surface area contributed by atoms with E-state index in [1.807, 2.05) is 17.9 Å². The summed E-state index contributed by atoms with van der Waals surface area (Å²) >= 11 is 6.21. The molecule has 8 nitrogen and oxygen atoms in total. The normalized spacial score (nSPS) is 21.0. The molecule has 1 aromatic heterocycles. The lowest BCUT2D eigenvalue weighted by Gasteiger charge is -2.34. The van der Waals surface area contributed by atoms with Crippen molar-refractivity contribution in [2.45, 2.75) is 51.5 Å². The lowest BCUT2D eigenvalue weighted by Crippen LogP contribution is -2.42. The number of nitrogens with one attached hydrogen (secondary N) is 3. The van der Waals surface area contributed by atoms with Crippen molar-refractivity contribution in [2.24, 2.45) is 0 Å². The third kappa shape index (κ3) is 3.92. The zero-order valence-electron chi connectivity index (χ0n) is 16.9. The van der Waals surface area contributed by atoms with Gasteiger partial charge >= 0.3 is 0 Å². The van der Waals surface area contributed by atoms with Gasteiger partial charge in [0, 0.05) is 19.0 Å². The first-order valence-electron chi connectivity index (χ1n) is 10.1. The van der Waals surface area contributed by atoms with Gasteiger partial charge in [-0.3, -0.25) is 19.4 Å². The maximum atomic E-state index is 13.0. The number of anilines is 3. The van der Waals surface area contributed by atoms with E-state index in [2.05, 4.69) is 27.5 Å². The van der Waals surface area contributed by atoms with Crippen molar-refractivity contribution in [1.82, 2.24) is 9.97 Å². The van der Waals surface area contributed by atoms with E-state index in [4.69, 9.17) is 11.6 Å². The molecule has 0 saturated carbocycles. The van der Waals surface area contributed by atoms with Gasteiger partial charge in [0.1, 0.15) is 5.82 Å². The molecule has 1 saturated heterocycles. The second-order valence-corrected chi connectivity index (χ2v) is 8.37. The molecule has 158 valence electrons. The number of hydrogen-bond donors (Lipinski definition) is 3. The molecule has 4 rings (SSSR count). The van der Waals surface area contributed by atoms with Crippen molar-refractivity contribution in [3.8, 4) is 0 Å². The zero-order valence-corrected chi connectivity index (χ0v) is 17.7. The minimum Gasteiger partial charge on any atom is -0.340 e. The number of halogens is 1. The molecule has 0 bridgehead atoms. The Morgan fingerprint density at radius 2 is 2.10 bits per heavy atom. The number of rotatable bonds is 3. The fraction of sp³-hybridized carbons (Fsp3) is 0.429. The molecule has 2 aromatic rings. The molecule has 0 unspecified atom stereocenters. The number of benzene rings is 1. The minimum atomic E-state index is -0.949. The third-order valence-electron chi connectivity index (χ3n) is 5.71. The predicted octanol–water partition coefficient (Wildman–Crippen LogP) is 3.18. The van der Waals surface area contributed by atoms with E-state index in [-0.39, 0.29) is 29.8 Å². The number of nitrogens with zero attached hydrogens (tertiary/aromatic N) is 2. The summed E-state index contributed by atoms with van der Waals surface area (Å²) < 4.78 is 0. The summed E-state index contributed by atoms with van der Waals surface area (Å²) in [5.41, 5.74) is 1.15. The minimum absolute atomic E-state index is 0.132. The van der Waals surface area contributed by atoms with Crippen molar-refractivity contribution in [2.75, 3.05) is 22.1 Å². The summed E-state index contributed by atoms with van der Waals surface area (Å²) in [6.07, 6.45) is 3.02. The summed E-state index contributed by atoms with van der Waals surface area (Å²) in [7, 11) is 0. The second-order valence-electron chi connectivity index (χ2n) is 7.97. The summed E-state index contributed by atoms with van der Waals surface area (Å²) in [5, 5.41) is 5.79. The van der Waals surface area contributed by atoms with Crippen molar-refractivity contribution >= 4 is 40.9 Å². The molecule has 9 heteroatoms. The monoisotopic (exact) mass is 429 g/mol. The van der Waals surface area contributed by atoms with Crippen molar-refractivity contribution in [3.63, 3.8) is 0 Å². The van der Waals surface area contributed by atoms with Crippen LogP contribution in [-0.4, -0.2) is 34.4 Å². The Balaban J connectivity index is 1.66. The molecule has 2 aliphatic rings. The summed E-state index contributed by atoms with van der Waals surface area (Å²) in [6.45, 7) is 4.76. The molecule has 1 fully saturated rings. The second kappa shape index (κ2) is 8.10. The smallest absolute Gasteiger partial charge is 0.258 e. The number of hydrogen-bond acceptors (Lipinski definition) is 5. The molecule has 0 spiro atoms. The third-order valence-corrected chi connectivity index (χ3v) is 6.03. The molecule has 2 atom stereocenters. The quantitative estimate of drug-likeness (QED) is 0.694. The molecular weight excluding hydrogens is 406 g/mol. The fourth-order valence-electron chi connectivity index (χ4n) is 4.07. The van der Waals surface area contributed by atoms with Gasteiger partial charge < -0.3 is 15.5 Å². The number of carbonyl (C=O) groups excluding carboxylic acids is 2. The SMILES string of the molecule is Cc1ccc(NC(=O)[C@@H]2CC(=O)Nc3nc(N4CCCC[C@@H]4C)[nH]c(=O)c32)c(Cl)c1. The zero-order chi connectivity index (χ0) is 21.4. The van der Waals surface area contributed by atoms with Gasteiger partial charge in [0.2, 0.25) is 17.8 Å². The van der Waals surface area contributed by atoms with E-state index in [1.54, 1.807) is 12.1 Å². The van der Waals surface area contributed by atoms with E-state index < -0.39 is 17.4 Å². The molecular formula is C21H24ClN5O3. The summed E-state index contributed by atoms with van der Waals surface area (Å²) in [5.74, 6) is -1.20. The maximum absolute atomic E-state index is 13.0. The van der Waals surface area contributed by atoms with Crippen LogP contribution in [0.15, 0.2) is 23.0 Å². The van der Waals surface area contributed by atoms with Crippen LogP contribution in [0.2, 0.25) is 5.02 Å². The first-order chi connectivity index (χ1) is 14.3. The molecule has 3 N–H and O–H groups in total. The van der Waals surface area contributed by atoms with Crippen LogP contribution in [0.1, 0.15) is 49.7 Å². The van der Waals surface area contributed by atoms with E-state index in [0.717, 1.165) is 31.4 Å². The number of H-pyrrole nitrogens is 1. The average molecular weight is 430 g/mol. The van der Waals surface area contributed by atoms with Gasteiger partial charge in [-0.2, -0.15) is 4.98 Å². The standard InChI is InChI=1S/C21H24ClN5O3/c1-11-6-7-15(14(22)9-11)23-19(29)13-10-16(28)24-18-17(13)20(30)26-21(25-18)27-8-4-3-5-12(27)2/h6-7,9,12-13H,3-5,8,10H2,1-2H3,(H,23,29)(H2,24,25,26,28,30)/t12-,13+/m0/s1. The van der Waals surface area contributed by atoms with Gasteiger partial charge in [0.25, 0.3) is 5.56 Å². The van der Waals surface area contributed by atoms with Crippen molar-refractivity contribution < 1.29 is 9.59 Å². The van der Waals surface area contributed by atoms with Gasteiger partial charge in [-0.15, -0.1) is 0 Å². The van der Waals surface area contributed by atoms with Crippen LogP contribution < -0.4 is 21.1 Å². The number of aryl methyl sites for hydroxylation is 1. The summed E-state index contributed by atoms with van der Waals surface area (Å²) in [6, 6.07) is 5.49. The number of amides is 2. The Morgan fingerprint density at radius 1 is 1.30 bits per heavy atom. The predicted molar refractivity (Wildman–Crippen MR) is 116 cm³/mol. The van der Waals surface area contributed by atoms with Crippen LogP contribution in [0, 0.1) is 6.92 Å². The highest BCUT2D eigenvalue weighted by atomic mass is 35.5. The van der Waals surface area contributed by atoms with Crippen LogP contribution in [0.25, 0.3) is 0 Å². The maximum Gasteiger partial charge on any atom is 0.258 e. The average Bonchev–Trinajstić information content (AvgIpc) is 2.69. The molecule has 0 aliphatic carbocycles. The van der Waals surface area contributed by atoms with Crippen LogP contribution in [0.5, 0.6) is 0 Å². The van der Waals surface area contributed by atoms with Crippen molar-refractivity contribution in [1.29, 1.82) is 0 Å². The Kier molecular flexibility index (Phi) is 5.51. The highest BCUT2D eigenvalue weighted by molar-refractivity contribution is 6.33. The van der Waals surface area contributed by atoms with E-state index >= 15 is 0 Å². The number of carbonyl (C=O) groups is 2. The Bertz CT molecular complexity index is 1070. The van der Waals surface area contributed by atoms with E-state index in [0.29, 0.717) is 16.7 Å². The van der Waals surface area contributed by atoms with Crippen LogP contribution >= 0.6 is 11.6 Å². The van der Waals surface area contributed by atoms with Crippen LogP contribution in [0.4, 0.5) is 17.5 Å². The lowest BCUT2D eigenvalue weighted by atomic mass is 9.92. The van der Waals surface area contributed by atoms with Gasteiger partial charge in [-0.05, 0) is 50.8 Å². The lowest BCUT2D eigenvalue weighted by molar-refractivity contribution is -0.123. The highest BCUT2D eigenvalue weighted by Crippen LogP contribution is 2.32. The number of aromatic amines is 1. The molecule has 0 radical (unpaired) electrons. The first kappa shape index (κ1) is 20.4. The van der Waals surface area contributed by atoms with E-state index in [9.17, 15) is 14.4 Å². The molecule has 3 heterocycles. The van der Waals surface area contributed by atoms with Crippen LogP contribution in [0.3, 0.4) is 0 Å². The van der Waals surface area contributed by atoms with E-state index in [1.165, 1.54) is 0 Å². The number of fused-ring (bicyclic) bond motifs is 1. The van der Waals surface area contributed by atoms with Crippen LogP contribution in [-0.2, 0) is 9.59 Å². The number of aromatic nitrogens is 2. The fourth-order valence-corrected chi connectivity index (χ4v) is 4.36. The Morgan fingerprint density at radius 3 is 2.83 bits per heavy atom. The highest BCUT2D eigenvalue weighted by Gasteiger charge is 2.35. The molecule has 2 amide bonds. The van der Waals surface area contributed by atoms with Gasteiger partial charge in [0.05, 0.1) is 22.2 Å². The van der Waals surface area contributed by atoms with Gasteiger partial charge in [0.15, 0.2) is 0 Å². The number of piperidine rings is 1. The largest absolute Gasteiger partial charge is 0.340 e. The molecule has 1 aromatic carbocycles. The van der Waals surface area contributed by atoms with Gasteiger partial charge in [-0.25, -0.2) is 0 Å². The molecule has 30 heavy (non-hydrogen) atoms. The Labute approximate surface area is 179 Å². The first-order valence-corrected chi connectivity index (χ1v) is 10.5. The Hall–Kier alpha value is -2.87. The topological polar surface area (TPSA) is 107 Å². The molecule has 2 aliphatic heterocycles. The summed E-state index contributed by atoms with van der Waals surface area (Å²) in [4.78, 5) is 47.5. The van der Waals surface area contributed by atoms with Crippen molar-refractivity contribution in [3.05, 3.63) is 44.7 Å².